The van der Waals surface area contributed by atoms with Crippen molar-refractivity contribution in [3.05, 3.63) is 18.2 Å². The molecule has 1 aromatic rings. The predicted octanol–water partition coefficient (Wildman–Crippen LogP) is 0.571. The topological polar surface area (TPSA) is 44.5 Å². The second-order valence-corrected chi connectivity index (χ2v) is 5.64. The summed E-state index contributed by atoms with van der Waals surface area (Å²) in [5, 5.41) is 10.0. The van der Waals surface area contributed by atoms with Gasteiger partial charge in [0.1, 0.15) is 5.82 Å². The van der Waals surface area contributed by atoms with Gasteiger partial charge in [-0.25, -0.2) is 4.98 Å². The Kier molecular flexibility index (Phi) is 4.04. The number of likely N-dealkylation sites (N-methyl/N-ethyl adjacent to an activating group) is 1. The zero-order valence-electron chi connectivity index (χ0n) is 11.7. The molecule has 0 bridgehead atoms. The average molecular weight is 252 g/mol. The van der Waals surface area contributed by atoms with E-state index in [1.807, 2.05) is 26.5 Å². The van der Waals surface area contributed by atoms with Gasteiger partial charge in [-0.05, 0) is 27.9 Å². The summed E-state index contributed by atoms with van der Waals surface area (Å²) in [5.74, 6) is 1.08. The van der Waals surface area contributed by atoms with Gasteiger partial charge in [-0.1, -0.05) is 0 Å². The van der Waals surface area contributed by atoms with Gasteiger partial charge in [0.25, 0.3) is 0 Å². The molecule has 1 fully saturated rings. The number of imidazole rings is 1. The molecule has 2 atom stereocenters. The van der Waals surface area contributed by atoms with E-state index in [0.29, 0.717) is 6.04 Å². The molecule has 0 spiro atoms. The first-order valence-electron chi connectivity index (χ1n) is 6.57. The molecule has 1 N–H and O–H groups in total. The Balaban J connectivity index is 2.01. The Morgan fingerprint density at radius 3 is 2.72 bits per heavy atom. The van der Waals surface area contributed by atoms with Crippen LogP contribution in [0.3, 0.4) is 0 Å². The fourth-order valence-corrected chi connectivity index (χ4v) is 2.62. The van der Waals surface area contributed by atoms with Crippen LogP contribution in [0.4, 0.5) is 0 Å². The molecule has 1 saturated heterocycles. The van der Waals surface area contributed by atoms with Crippen molar-refractivity contribution < 1.29 is 5.11 Å². The fraction of sp³-hybridized carbons (Fsp3) is 0.769. The Hall–Kier alpha value is -0.910. The largest absolute Gasteiger partial charge is 0.390 e. The molecule has 0 amide bonds. The van der Waals surface area contributed by atoms with Gasteiger partial charge in [0.2, 0.25) is 0 Å². The summed E-state index contributed by atoms with van der Waals surface area (Å²) in [5.41, 5.74) is 0. The van der Waals surface area contributed by atoms with Crippen LogP contribution in [0.25, 0.3) is 0 Å². The highest BCUT2D eigenvalue weighted by Crippen LogP contribution is 2.17. The number of hydrogen-bond donors (Lipinski definition) is 1. The van der Waals surface area contributed by atoms with Crippen LogP contribution in [-0.2, 0) is 6.54 Å². The Labute approximate surface area is 109 Å². The number of likely N-dealkylation sites (tertiary alicyclic amines) is 1. The van der Waals surface area contributed by atoms with Crippen LogP contribution in [0, 0.1) is 0 Å². The molecule has 0 radical (unpaired) electrons. The third kappa shape index (κ3) is 2.74. The number of aliphatic hydroxyl groups is 1. The highest BCUT2D eigenvalue weighted by molar-refractivity contribution is 4.97. The average Bonchev–Trinajstić information content (AvgIpc) is 2.85. The summed E-state index contributed by atoms with van der Waals surface area (Å²) in [6, 6.07) is 0.659. The molecule has 0 saturated carbocycles. The zero-order chi connectivity index (χ0) is 13.3. The lowest BCUT2D eigenvalue weighted by Gasteiger charge is -2.22. The van der Waals surface area contributed by atoms with Crippen molar-refractivity contribution in [3.8, 4) is 0 Å². The molecule has 1 aliphatic rings. The smallest absolute Gasteiger partial charge is 0.123 e. The minimum absolute atomic E-state index is 0.229. The van der Waals surface area contributed by atoms with E-state index in [1.165, 1.54) is 0 Å². The van der Waals surface area contributed by atoms with Gasteiger partial charge in [-0.2, -0.15) is 0 Å². The van der Waals surface area contributed by atoms with E-state index in [1.54, 1.807) is 0 Å². The van der Waals surface area contributed by atoms with Crippen LogP contribution in [0.15, 0.2) is 12.4 Å². The first-order valence-corrected chi connectivity index (χ1v) is 6.57. The van der Waals surface area contributed by atoms with Crippen molar-refractivity contribution in [2.45, 2.75) is 38.6 Å². The van der Waals surface area contributed by atoms with Crippen molar-refractivity contribution in [2.24, 2.45) is 0 Å². The molecule has 0 aliphatic carbocycles. The standard InChI is InChI=1S/C13H24N4O/c1-10(2)17-6-5-14-13(17)9-16-7-11(15(3)4)12(18)8-16/h5-6,10-12,18H,7-9H2,1-4H3/t11-,12-/m1/s1. The van der Waals surface area contributed by atoms with Crippen LogP contribution >= 0.6 is 0 Å². The monoisotopic (exact) mass is 252 g/mol. The number of nitrogens with zero attached hydrogens (tertiary/aromatic N) is 4. The number of hydrogen-bond acceptors (Lipinski definition) is 4. The lowest BCUT2D eigenvalue weighted by molar-refractivity contribution is 0.112. The number of aliphatic hydroxyl groups excluding tert-OH is 1. The van der Waals surface area contributed by atoms with Crippen molar-refractivity contribution in [3.63, 3.8) is 0 Å². The Bertz CT molecular complexity index is 388. The first kappa shape index (κ1) is 13.5. The lowest BCUT2D eigenvalue weighted by atomic mass is 10.2. The van der Waals surface area contributed by atoms with Crippen molar-refractivity contribution in [1.82, 2.24) is 19.4 Å². The second kappa shape index (κ2) is 5.38. The third-order valence-electron chi connectivity index (χ3n) is 3.67. The minimum Gasteiger partial charge on any atom is -0.390 e. The summed E-state index contributed by atoms with van der Waals surface area (Å²) in [4.78, 5) is 8.79. The van der Waals surface area contributed by atoms with Gasteiger partial charge in [0, 0.05) is 37.6 Å². The molecule has 2 heterocycles. The van der Waals surface area contributed by atoms with E-state index < -0.39 is 0 Å². The van der Waals surface area contributed by atoms with E-state index in [-0.39, 0.29) is 12.1 Å². The van der Waals surface area contributed by atoms with E-state index in [9.17, 15) is 5.11 Å². The van der Waals surface area contributed by atoms with Crippen molar-refractivity contribution in [2.75, 3.05) is 27.2 Å². The van der Waals surface area contributed by atoms with E-state index >= 15 is 0 Å². The molecule has 1 aromatic heterocycles. The minimum atomic E-state index is -0.262. The van der Waals surface area contributed by atoms with Crippen LogP contribution in [0.5, 0.6) is 0 Å². The van der Waals surface area contributed by atoms with Crippen molar-refractivity contribution >= 4 is 0 Å². The van der Waals surface area contributed by atoms with Gasteiger partial charge in [-0.3, -0.25) is 4.90 Å². The summed E-state index contributed by atoms with van der Waals surface area (Å²) < 4.78 is 2.19. The molecule has 1 aliphatic heterocycles. The summed E-state index contributed by atoms with van der Waals surface area (Å²) in [7, 11) is 4.04. The van der Waals surface area contributed by atoms with Crippen LogP contribution in [0.1, 0.15) is 25.7 Å². The van der Waals surface area contributed by atoms with Gasteiger partial charge in [-0.15, -0.1) is 0 Å². The highest BCUT2D eigenvalue weighted by atomic mass is 16.3. The molecule has 0 unspecified atom stereocenters. The second-order valence-electron chi connectivity index (χ2n) is 5.64. The molecule has 5 nitrogen and oxygen atoms in total. The molecule has 5 heteroatoms. The number of β-amino-alcohol motifs (C(OH)–C–C–N with tert-alkyl or cyclic N) is 1. The van der Waals surface area contributed by atoms with Gasteiger partial charge in [0.05, 0.1) is 12.6 Å². The normalized spacial score (nSPS) is 25.5. The molecule has 0 aromatic carbocycles. The lowest BCUT2D eigenvalue weighted by Crippen LogP contribution is -2.38. The first-order chi connectivity index (χ1) is 8.49. The maximum atomic E-state index is 10.0. The Morgan fingerprint density at radius 2 is 2.17 bits per heavy atom. The maximum absolute atomic E-state index is 10.0. The maximum Gasteiger partial charge on any atom is 0.123 e. The van der Waals surface area contributed by atoms with Gasteiger partial charge < -0.3 is 14.6 Å². The molecular formula is C13H24N4O. The number of rotatable bonds is 4. The molecule has 102 valence electrons. The SMILES string of the molecule is CC(C)n1ccnc1CN1C[C@@H](O)[C@H](N(C)C)C1. The van der Waals surface area contributed by atoms with Crippen LogP contribution in [-0.4, -0.2) is 63.8 Å². The van der Waals surface area contributed by atoms with E-state index in [0.717, 1.165) is 25.5 Å². The van der Waals surface area contributed by atoms with Crippen LogP contribution < -0.4 is 0 Å². The van der Waals surface area contributed by atoms with Gasteiger partial charge >= 0.3 is 0 Å². The summed E-state index contributed by atoms with van der Waals surface area (Å²) in [6.45, 7) is 6.76. The summed E-state index contributed by atoms with van der Waals surface area (Å²) >= 11 is 0. The highest BCUT2D eigenvalue weighted by Gasteiger charge is 2.33. The van der Waals surface area contributed by atoms with Gasteiger partial charge in [0.15, 0.2) is 0 Å². The predicted molar refractivity (Wildman–Crippen MR) is 71.4 cm³/mol. The Morgan fingerprint density at radius 1 is 1.44 bits per heavy atom. The fourth-order valence-electron chi connectivity index (χ4n) is 2.62. The molecule has 2 rings (SSSR count). The van der Waals surface area contributed by atoms with E-state index in [4.69, 9.17) is 0 Å². The number of aromatic nitrogens is 2. The third-order valence-corrected chi connectivity index (χ3v) is 3.67. The molecular weight excluding hydrogens is 228 g/mol. The summed E-state index contributed by atoms with van der Waals surface area (Å²) in [6.07, 6.45) is 3.61. The van der Waals surface area contributed by atoms with E-state index in [2.05, 4.69) is 33.2 Å². The van der Waals surface area contributed by atoms with Crippen LogP contribution in [0.2, 0.25) is 0 Å². The quantitative estimate of drug-likeness (QED) is 0.851. The molecule has 18 heavy (non-hydrogen) atoms. The van der Waals surface area contributed by atoms with Crippen molar-refractivity contribution in [1.29, 1.82) is 0 Å². The zero-order valence-corrected chi connectivity index (χ0v) is 11.7.